The van der Waals surface area contributed by atoms with E-state index in [1.165, 1.54) is 5.69 Å². The summed E-state index contributed by atoms with van der Waals surface area (Å²) in [6, 6.07) is 7.72. The van der Waals surface area contributed by atoms with E-state index in [1.807, 2.05) is 29.9 Å². The second-order valence-corrected chi connectivity index (χ2v) is 5.44. The summed E-state index contributed by atoms with van der Waals surface area (Å²) in [7, 11) is 1.96. The molecule has 0 aliphatic heterocycles. The molecule has 0 aliphatic rings. The fourth-order valence-corrected chi connectivity index (χ4v) is 3.05. The first-order valence-electron chi connectivity index (χ1n) is 5.80. The molecule has 0 fully saturated rings. The van der Waals surface area contributed by atoms with Gasteiger partial charge in [-0.05, 0) is 24.6 Å². The Labute approximate surface area is 116 Å². The number of thioether (sulfide) groups is 1. The van der Waals surface area contributed by atoms with Crippen LogP contribution in [0.3, 0.4) is 0 Å². The van der Waals surface area contributed by atoms with E-state index in [0.717, 1.165) is 28.5 Å². The van der Waals surface area contributed by atoms with Gasteiger partial charge in [-0.1, -0.05) is 24.6 Å². The lowest BCUT2D eigenvalue weighted by Crippen LogP contribution is -1.97. The monoisotopic (exact) mass is 281 g/mol. The molecule has 0 amide bonds. The zero-order chi connectivity index (χ0) is 13.1. The number of aryl methyl sites for hydroxylation is 2. The molecule has 96 valence electrons. The summed E-state index contributed by atoms with van der Waals surface area (Å²) in [4.78, 5) is 0.943. The van der Waals surface area contributed by atoms with Crippen molar-refractivity contribution in [2.24, 2.45) is 7.05 Å². The van der Waals surface area contributed by atoms with E-state index >= 15 is 0 Å². The van der Waals surface area contributed by atoms with Gasteiger partial charge in [-0.3, -0.25) is 4.68 Å². The first-order chi connectivity index (χ1) is 8.61. The summed E-state index contributed by atoms with van der Waals surface area (Å²) in [6.45, 7) is 2.10. The fourth-order valence-electron chi connectivity index (χ4n) is 1.70. The van der Waals surface area contributed by atoms with Crippen molar-refractivity contribution in [3.63, 3.8) is 0 Å². The van der Waals surface area contributed by atoms with Crippen molar-refractivity contribution < 1.29 is 0 Å². The first kappa shape index (κ1) is 13.3. The van der Waals surface area contributed by atoms with Gasteiger partial charge in [-0.15, -0.1) is 11.8 Å². The third-order valence-electron chi connectivity index (χ3n) is 2.75. The summed E-state index contributed by atoms with van der Waals surface area (Å²) in [6.07, 6.45) is 0.951. The molecule has 1 aromatic carbocycles. The molecule has 2 rings (SSSR count). The van der Waals surface area contributed by atoms with Crippen LogP contribution in [0.2, 0.25) is 5.02 Å². The molecule has 5 heteroatoms. The minimum Gasteiger partial charge on any atom is -0.398 e. The highest BCUT2D eigenvalue weighted by Gasteiger charge is 2.08. The van der Waals surface area contributed by atoms with Crippen molar-refractivity contribution in [3.8, 4) is 0 Å². The molecule has 1 heterocycles. The maximum Gasteiger partial charge on any atom is 0.0625 e. The van der Waals surface area contributed by atoms with Crippen molar-refractivity contribution in [1.29, 1.82) is 0 Å². The number of hydrogen-bond acceptors (Lipinski definition) is 3. The zero-order valence-electron chi connectivity index (χ0n) is 10.5. The van der Waals surface area contributed by atoms with Crippen molar-refractivity contribution in [2.45, 2.75) is 24.0 Å². The van der Waals surface area contributed by atoms with Gasteiger partial charge in [-0.2, -0.15) is 5.10 Å². The van der Waals surface area contributed by atoms with Crippen LogP contribution >= 0.6 is 23.4 Å². The number of nitrogen functional groups attached to an aromatic ring is 1. The molecule has 0 spiro atoms. The van der Waals surface area contributed by atoms with Crippen molar-refractivity contribution in [2.75, 3.05) is 5.73 Å². The van der Waals surface area contributed by atoms with Gasteiger partial charge in [0.05, 0.1) is 10.7 Å². The highest BCUT2D eigenvalue weighted by molar-refractivity contribution is 7.98. The summed E-state index contributed by atoms with van der Waals surface area (Å²) >= 11 is 7.79. The average molecular weight is 282 g/mol. The van der Waals surface area contributed by atoms with Gasteiger partial charge < -0.3 is 5.73 Å². The Bertz CT molecular complexity index is 531. The van der Waals surface area contributed by atoms with Crippen LogP contribution in [-0.2, 0) is 19.2 Å². The number of halogens is 1. The first-order valence-corrected chi connectivity index (χ1v) is 7.16. The van der Waals surface area contributed by atoms with Crippen LogP contribution in [0, 0.1) is 0 Å². The maximum atomic E-state index is 6.14. The van der Waals surface area contributed by atoms with Gasteiger partial charge in [0.25, 0.3) is 0 Å². The second kappa shape index (κ2) is 5.67. The molecule has 0 radical (unpaired) electrons. The Morgan fingerprint density at radius 3 is 2.83 bits per heavy atom. The molecule has 3 nitrogen and oxygen atoms in total. The van der Waals surface area contributed by atoms with Crippen LogP contribution < -0.4 is 5.73 Å². The molecule has 0 aliphatic carbocycles. The Morgan fingerprint density at radius 2 is 2.22 bits per heavy atom. The van der Waals surface area contributed by atoms with Gasteiger partial charge in [-0.25, -0.2) is 0 Å². The highest BCUT2D eigenvalue weighted by atomic mass is 35.5. The normalized spacial score (nSPS) is 10.8. The molecule has 1 aromatic heterocycles. The molecule has 2 aromatic rings. The smallest absolute Gasteiger partial charge is 0.0625 e. The lowest BCUT2D eigenvalue weighted by Gasteiger charge is -2.07. The van der Waals surface area contributed by atoms with Crippen LogP contribution in [0.1, 0.15) is 18.3 Å². The van der Waals surface area contributed by atoms with E-state index in [0.29, 0.717) is 5.02 Å². The average Bonchev–Trinajstić information content (AvgIpc) is 2.70. The van der Waals surface area contributed by atoms with E-state index in [1.54, 1.807) is 11.8 Å². The predicted molar refractivity (Wildman–Crippen MR) is 78.0 cm³/mol. The van der Waals surface area contributed by atoms with E-state index in [9.17, 15) is 0 Å². The highest BCUT2D eigenvalue weighted by Crippen LogP contribution is 2.34. The predicted octanol–water partition coefficient (Wildman–Crippen LogP) is 3.51. The molecule has 18 heavy (non-hydrogen) atoms. The van der Waals surface area contributed by atoms with Crippen LogP contribution in [0.5, 0.6) is 0 Å². The van der Waals surface area contributed by atoms with Gasteiger partial charge in [0.1, 0.15) is 0 Å². The number of aromatic nitrogens is 2. The summed E-state index contributed by atoms with van der Waals surface area (Å²) in [5, 5.41) is 5.13. The van der Waals surface area contributed by atoms with E-state index < -0.39 is 0 Å². The van der Waals surface area contributed by atoms with Crippen molar-refractivity contribution >= 4 is 29.1 Å². The van der Waals surface area contributed by atoms with Crippen LogP contribution in [0.25, 0.3) is 0 Å². The maximum absolute atomic E-state index is 6.14. The Kier molecular flexibility index (Phi) is 4.19. The van der Waals surface area contributed by atoms with E-state index in [2.05, 4.69) is 18.1 Å². The quantitative estimate of drug-likeness (QED) is 0.689. The molecule has 0 saturated heterocycles. The van der Waals surface area contributed by atoms with E-state index in [4.69, 9.17) is 17.3 Å². The van der Waals surface area contributed by atoms with Gasteiger partial charge >= 0.3 is 0 Å². The largest absolute Gasteiger partial charge is 0.398 e. The number of rotatable bonds is 4. The number of nitrogens with two attached hydrogens (primary N) is 1. The summed E-state index contributed by atoms with van der Waals surface area (Å²) in [5.74, 6) is 0.817. The Hall–Kier alpha value is -1.13. The minimum atomic E-state index is 0.706. The molecule has 0 bridgehead atoms. The molecule has 0 unspecified atom stereocenters. The molecule has 0 atom stereocenters. The number of anilines is 1. The third kappa shape index (κ3) is 2.82. The minimum absolute atomic E-state index is 0.706. The van der Waals surface area contributed by atoms with Gasteiger partial charge in [0, 0.05) is 29.1 Å². The number of benzene rings is 1. The second-order valence-electron chi connectivity index (χ2n) is 4.05. The molecule has 2 N–H and O–H groups in total. The van der Waals surface area contributed by atoms with Crippen molar-refractivity contribution in [3.05, 3.63) is 40.7 Å². The van der Waals surface area contributed by atoms with Gasteiger partial charge in [0.2, 0.25) is 0 Å². The number of hydrogen-bond donors (Lipinski definition) is 1. The Morgan fingerprint density at radius 1 is 1.44 bits per heavy atom. The van der Waals surface area contributed by atoms with E-state index in [-0.39, 0.29) is 0 Å². The number of nitrogens with zero attached hydrogens (tertiary/aromatic N) is 2. The van der Waals surface area contributed by atoms with Crippen LogP contribution in [0.4, 0.5) is 5.69 Å². The Balaban J connectivity index is 2.14. The topological polar surface area (TPSA) is 43.8 Å². The molecular formula is C13H16ClN3S. The summed E-state index contributed by atoms with van der Waals surface area (Å²) in [5.41, 5.74) is 8.94. The van der Waals surface area contributed by atoms with Crippen molar-refractivity contribution in [1.82, 2.24) is 9.78 Å². The van der Waals surface area contributed by atoms with Crippen LogP contribution in [-0.4, -0.2) is 9.78 Å². The lowest BCUT2D eigenvalue weighted by atomic mass is 10.3. The third-order valence-corrected chi connectivity index (χ3v) is 4.36. The van der Waals surface area contributed by atoms with Gasteiger partial charge in [0.15, 0.2) is 0 Å². The van der Waals surface area contributed by atoms with Crippen LogP contribution in [0.15, 0.2) is 29.2 Å². The SMILES string of the molecule is CCc1cc(CSc2c(N)cccc2Cl)n(C)n1. The molecule has 0 saturated carbocycles. The summed E-state index contributed by atoms with van der Waals surface area (Å²) < 4.78 is 1.92. The lowest BCUT2D eigenvalue weighted by molar-refractivity contribution is 0.720. The molecular weight excluding hydrogens is 266 g/mol. The zero-order valence-corrected chi connectivity index (χ0v) is 12.1. The standard InChI is InChI=1S/C13H16ClN3S/c1-3-9-7-10(17(2)16-9)8-18-13-11(14)5-4-6-12(13)15/h4-7H,3,8,15H2,1-2H3. The fraction of sp³-hybridized carbons (Fsp3) is 0.308.